The Kier molecular flexibility index (Phi) is 20.9. The molecule has 4 aromatic rings. The third kappa shape index (κ3) is 15.4. The summed E-state index contributed by atoms with van der Waals surface area (Å²) in [6.07, 6.45) is 6.11. The van der Waals surface area contributed by atoms with Gasteiger partial charge in [0.05, 0.1) is 24.2 Å². The minimum absolute atomic E-state index is 0.0368. The SMILES string of the molecule is CN[C@@H](C)C(=O)N[C@@H](CCCCCC(=O)c1cccc(C(=O)C[C@H]2C[C@@H](C(=O)N[C@@H]3CCCc4ccccc43)N(C(=O)[C@@H](NC(=O)[C@H](C)NC)C(C)(C)C)C2)c1)C(=O)N1CCC[C@H]1C(=O)NC(c1ccccc1)c1ccccc1. The summed E-state index contributed by atoms with van der Waals surface area (Å²) >= 11 is 0. The molecule has 0 spiro atoms. The number of unbranched alkanes of at least 4 members (excludes halogenated alkanes) is 2. The van der Waals surface area contributed by atoms with Gasteiger partial charge in [0.25, 0.3) is 0 Å². The number of ketones is 2. The van der Waals surface area contributed by atoms with Gasteiger partial charge < -0.3 is 41.7 Å². The highest BCUT2D eigenvalue weighted by Gasteiger charge is 2.46. The molecular weight excluding hydrogens is 997 g/mol. The summed E-state index contributed by atoms with van der Waals surface area (Å²) in [4.78, 5) is 115. The van der Waals surface area contributed by atoms with Crippen LogP contribution in [0.2, 0.25) is 0 Å². The van der Waals surface area contributed by atoms with E-state index >= 15 is 0 Å². The first kappa shape index (κ1) is 59.6. The van der Waals surface area contributed by atoms with Crippen LogP contribution in [0.5, 0.6) is 0 Å². The third-order valence-corrected chi connectivity index (χ3v) is 16.1. The lowest BCUT2D eigenvalue weighted by Gasteiger charge is -2.36. The molecule has 422 valence electrons. The number of nitrogens with one attached hydrogen (secondary N) is 6. The first-order chi connectivity index (χ1) is 37.9. The fourth-order valence-electron chi connectivity index (χ4n) is 11.2. The highest BCUT2D eigenvalue weighted by Crippen LogP contribution is 2.34. The number of aryl methyl sites for hydroxylation is 1. The maximum absolute atomic E-state index is 14.7. The van der Waals surface area contributed by atoms with Crippen molar-refractivity contribution in [1.29, 1.82) is 0 Å². The van der Waals surface area contributed by atoms with Gasteiger partial charge >= 0.3 is 0 Å². The zero-order valence-electron chi connectivity index (χ0n) is 47.1. The van der Waals surface area contributed by atoms with Crippen LogP contribution in [0.1, 0.15) is 160 Å². The van der Waals surface area contributed by atoms with Crippen LogP contribution >= 0.6 is 0 Å². The number of amides is 6. The fourth-order valence-corrected chi connectivity index (χ4v) is 11.2. The van der Waals surface area contributed by atoms with E-state index in [0.29, 0.717) is 56.2 Å². The van der Waals surface area contributed by atoms with Crippen molar-refractivity contribution in [2.24, 2.45) is 11.3 Å². The largest absolute Gasteiger partial charge is 0.347 e. The Bertz CT molecular complexity index is 2740. The van der Waals surface area contributed by atoms with Crippen LogP contribution in [0.25, 0.3) is 0 Å². The molecule has 7 rings (SSSR count). The molecule has 2 saturated heterocycles. The summed E-state index contributed by atoms with van der Waals surface area (Å²) in [5, 5.41) is 18.2. The molecule has 0 saturated carbocycles. The van der Waals surface area contributed by atoms with Crippen LogP contribution < -0.4 is 31.9 Å². The highest BCUT2D eigenvalue weighted by atomic mass is 16.2. The molecule has 0 aromatic heterocycles. The molecule has 16 nitrogen and oxygen atoms in total. The molecule has 6 N–H and O–H groups in total. The molecule has 1 aliphatic carbocycles. The molecule has 4 aromatic carbocycles. The molecule has 3 aliphatic rings. The quantitative estimate of drug-likeness (QED) is 0.0314. The molecule has 79 heavy (non-hydrogen) atoms. The summed E-state index contributed by atoms with van der Waals surface area (Å²) < 4.78 is 0. The van der Waals surface area contributed by atoms with Crippen molar-refractivity contribution < 1.29 is 38.4 Å². The lowest BCUT2D eigenvalue weighted by molar-refractivity contribution is -0.144. The summed E-state index contributed by atoms with van der Waals surface area (Å²) in [6.45, 7) is 9.54. The van der Waals surface area contributed by atoms with Crippen LogP contribution in [-0.4, -0.2) is 120 Å². The normalized spacial score (nSPS) is 19.6. The smallest absolute Gasteiger partial charge is 0.246 e. The van der Waals surface area contributed by atoms with Crippen molar-refractivity contribution in [3.63, 3.8) is 0 Å². The van der Waals surface area contributed by atoms with E-state index in [1.54, 1.807) is 62.0 Å². The van der Waals surface area contributed by atoms with Gasteiger partial charge in [0.15, 0.2) is 11.6 Å². The summed E-state index contributed by atoms with van der Waals surface area (Å²) in [5.41, 5.74) is 4.12. The Hall–Kier alpha value is -7.04. The van der Waals surface area contributed by atoms with Crippen molar-refractivity contribution in [1.82, 2.24) is 41.7 Å². The van der Waals surface area contributed by atoms with Crippen LogP contribution in [0.4, 0.5) is 0 Å². The number of carbonyl (C=O) groups is 8. The molecule has 2 heterocycles. The van der Waals surface area contributed by atoms with Crippen molar-refractivity contribution in [3.05, 3.63) is 143 Å². The van der Waals surface area contributed by atoms with Crippen molar-refractivity contribution >= 4 is 47.0 Å². The predicted molar refractivity (Wildman–Crippen MR) is 305 cm³/mol. The van der Waals surface area contributed by atoms with Gasteiger partial charge in [0.2, 0.25) is 35.4 Å². The molecule has 16 heteroatoms. The van der Waals surface area contributed by atoms with E-state index in [9.17, 15) is 38.4 Å². The Balaban J connectivity index is 0.971. The minimum Gasteiger partial charge on any atom is -0.347 e. The molecule has 0 radical (unpaired) electrons. The van der Waals surface area contributed by atoms with Crippen LogP contribution in [0.15, 0.2) is 109 Å². The number of rotatable bonds is 24. The van der Waals surface area contributed by atoms with Gasteiger partial charge in [0, 0.05) is 37.1 Å². The maximum atomic E-state index is 14.7. The summed E-state index contributed by atoms with van der Waals surface area (Å²) in [5.74, 6) is -2.68. The standard InChI is InChI=1S/C63H82N8O8/c1-40(64-6)57(74)67-50(61(78)70-35-21-33-51(70)59(76)68-55(44-23-11-8-12-24-44)45-25-13-9-14-26-45)31-15-10-16-34-53(72)46-28-19-29-47(38-46)54(73)37-42-36-52(60(77)66-49-32-20-27-43-22-17-18-30-48(43)49)71(39-42)62(79)56(63(3,4)5)69-58(75)41(2)65-7/h8-9,11-14,17-19,22-26,28-30,38,40-42,49-52,55-56,64-65H,10,15-16,20-21,27,31-37,39H2,1-7H3,(H,66,77)(H,67,74)(H,68,76)(H,69,75)/t40-,41-,42+,49+,50-,51-,52-,56+/m0/s1. The Morgan fingerprint density at radius 1 is 0.620 bits per heavy atom. The molecule has 0 unspecified atom stereocenters. The zero-order chi connectivity index (χ0) is 56.8. The third-order valence-electron chi connectivity index (χ3n) is 16.1. The number of likely N-dealkylation sites (tertiary alicyclic amines) is 2. The van der Waals surface area contributed by atoms with E-state index in [4.69, 9.17) is 0 Å². The van der Waals surface area contributed by atoms with Gasteiger partial charge in [-0.1, -0.05) is 137 Å². The molecule has 0 bridgehead atoms. The van der Waals surface area contributed by atoms with Gasteiger partial charge in [0.1, 0.15) is 24.2 Å². The first-order valence-electron chi connectivity index (χ1n) is 28.4. The van der Waals surface area contributed by atoms with Crippen LogP contribution in [0, 0.1) is 11.3 Å². The molecule has 2 aliphatic heterocycles. The van der Waals surface area contributed by atoms with Crippen molar-refractivity contribution in [3.8, 4) is 0 Å². The van der Waals surface area contributed by atoms with Crippen LogP contribution in [0.3, 0.4) is 0 Å². The van der Waals surface area contributed by atoms with Crippen molar-refractivity contribution in [2.75, 3.05) is 27.2 Å². The monoisotopic (exact) mass is 1080 g/mol. The predicted octanol–water partition coefficient (Wildman–Crippen LogP) is 6.93. The number of nitrogens with zero attached hydrogens (tertiary/aromatic N) is 2. The first-order valence-corrected chi connectivity index (χ1v) is 28.4. The molecule has 8 atom stereocenters. The molecule has 2 fully saturated rings. The zero-order valence-corrected chi connectivity index (χ0v) is 47.1. The number of carbonyl (C=O) groups excluding carboxylic acids is 8. The average molecular weight is 1080 g/mol. The highest BCUT2D eigenvalue weighted by molar-refractivity contribution is 6.02. The maximum Gasteiger partial charge on any atom is 0.246 e. The Morgan fingerprint density at radius 2 is 1.24 bits per heavy atom. The van der Waals surface area contributed by atoms with E-state index in [2.05, 4.69) is 38.0 Å². The second-order valence-corrected chi connectivity index (χ2v) is 22.8. The van der Waals surface area contributed by atoms with Gasteiger partial charge in [-0.3, -0.25) is 38.4 Å². The van der Waals surface area contributed by atoms with Gasteiger partial charge in [-0.25, -0.2) is 0 Å². The second kappa shape index (κ2) is 27.7. The second-order valence-electron chi connectivity index (χ2n) is 22.8. The van der Waals surface area contributed by atoms with E-state index in [-0.39, 0.29) is 84.8 Å². The van der Waals surface area contributed by atoms with Crippen molar-refractivity contribution in [2.45, 2.75) is 160 Å². The number of likely N-dealkylation sites (N-methyl/N-ethyl adjacent to an activating group) is 2. The van der Waals surface area contributed by atoms with Gasteiger partial charge in [-0.05, 0) is 119 Å². The minimum atomic E-state index is -0.946. The van der Waals surface area contributed by atoms with Gasteiger partial charge in [-0.15, -0.1) is 0 Å². The molecular formula is C63H82N8O8. The van der Waals surface area contributed by atoms with E-state index in [1.807, 2.05) is 99.6 Å². The lowest BCUT2D eigenvalue weighted by atomic mass is 9.85. The summed E-state index contributed by atoms with van der Waals surface area (Å²) in [6, 6.07) is 28.9. The lowest BCUT2D eigenvalue weighted by Crippen LogP contribution is -2.59. The topological polar surface area (TPSA) is 215 Å². The number of fused-ring (bicyclic) bond motifs is 1. The van der Waals surface area contributed by atoms with Gasteiger partial charge in [-0.2, -0.15) is 0 Å². The van der Waals surface area contributed by atoms with E-state index < -0.39 is 47.7 Å². The Morgan fingerprint density at radius 3 is 1.89 bits per heavy atom. The number of hydrogen-bond donors (Lipinski definition) is 6. The number of benzene rings is 4. The van der Waals surface area contributed by atoms with E-state index in [0.717, 1.165) is 36.0 Å². The number of hydrogen-bond acceptors (Lipinski definition) is 10. The molecule has 6 amide bonds. The average Bonchev–Trinajstić information content (AvgIpc) is 4.22. The fraction of sp³-hybridized carbons (Fsp3) is 0.492. The Labute approximate surface area is 466 Å². The summed E-state index contributed by atoms with van der Waals surface area (Å²) in [7, 11) is 3.34. The number of Topliss-reactive ketones (excluding diaryl/α,β-unsaturated/α-hetero) is 2. The van der Waals surface area contributed by atoms with Crippen LogP contribution in [-0.2, 0) is 35.2 Å². The van der Waals surface area contributed by atoms with E-state index in [1.165, 1.54) is 5.56 Å².